The average Bonchev–Trinajstić information content (AvgIpc) is 2.62. The van der Waals surface area contributed by atoms with Gasteiger partial charge in [-0.3, -0.25) is 9.79 Å². The maximum absolute atomic E-state index is 12.4. The lowest BCUT2D eigenvalue weighted by atomic mass is 9.78. The summed E-state index contributed by atoms with van der Waals surface area (Å²) in [5, 5.41) is 0. The normalized spacial score (nSPS) is 19.3. The van der Waals surface area contributed by atoms with Crippen molar-refractivity contribution in [1.29, 1.82) is 0 Å². The number of rotatable bonds is 7. The summed E-state index contributed by atoms with van der Waals surface area (Å²) in [5.74, 6) is -4.22. The van der Waals surface area contributed by atoms with Crippen molar-refractivity contribution < 1.29 is 38.1 Å². The van der Waals surface area contributed by atoms with Gasteiger partial charge in [-0.15, -0.1) is 0 Å². The van der Waals surface area contributed by atoms with Crippen LogP contribution >= 0.6 is 0 Å². The average molecular weight is 369 g/mol. The van der Waals surface area contributed by atoms with Gasteiger partial charge in [0.1, 0.15) is 5.92 Å². The highest BCUT2D eigenvalue weighted by Gasteiger charge is 2.40. The van der Waals surface area contributed by atoms with Gasteiger partial charge in [0.05, 0.1) is 19.8 Å². The first-order valence-electron chi connectivity index (χ1n) is 8.00. The Balaban J connectivity index is 3.02. The third kappa shape index (κ3) is 5.14. The number of aliphatic imine (C=N–C) groups is 1. The number of allylic oxidation sites excluding steroid dienone is 1. The van der Waals surface area contributed by atoms with E-state index in [1.807, 2.05) is 0 Å². The van der Waals surface area contributed by atoms with Gasteiger partial charge in [0.2, 0.25) is 0 Å². The van der Waals surface area contributed by atoms with Gasteiger partial charge in [-0.05, 0) is 20.3 Å². The molecule has 0 aromatic rings. The van der Waals surface area contributed by atoms with E-state index in [2.05, 4.69) is 14.5 Å². The van der Waals surface area contributed by atoms with E-state index in [4.69, 9.17) is 9.47 Å². The summed E-state index contributed by atoms with van der Waals surface area (Å²) in [6, 6.07) is 0. The van der Waals surface area contributed by atoms with E-state index in [1.54, 1.807) is 20.8 Å². The molecule has 1 heterocycles. The van der Waals surface area contributed by atoms with Crippen molar-refractivity contribution in [2.24, 2.45) is 16.8 Å². The van der Waals surface area contributed by atoms with Crippen molar-refractivity contribution >= 4 is 29.6 Å². The van der Waals surface area contributed by atoms with E-state index in [0.29, 0.717) is 17.8 Å². The quantitative estimate of drug-likeness (QED) is 0.478. The zero-order valence-electron chi connectivity index (χ0n) is 15.5. The minimum absolute atomic E-state index is 0.196. The lowest BCUT2D eigenvalue weighted by molar-refractivity contribution is -0.159. The molecule has 0 bridgehead atoms. The lowest BCUT2D eigenvalue weighted by Crippen LogP contribution is -2.38. The maximum Gasteiger partial charge on any atom is 0.344 e. The van der Waals surface area contributed by atoms with E-state index >= 15 is 0 Å². The van der Waals surface area contributed by atoms with E-state index in [-0.39, 0.29) is 5.57 Å². The first-order chi connectivity index (χ1) is 12.3. The van der Waals surface area contributed by atoms with Crippen LogP contribution in [0.3, 0.4) is 0 Å². The standard InChI is InChI=1S/C17H23NO8/c1-6-11-14(16(21)25-7-12(19)23-4)9(2)18-10(3)15(11)17(22)26-8-13(20)24-5/h11,14H,6-8H2,1-5H3. The number of carbonyl (C=O) groups excluding carboxylic acids is 4. The van der Waals surface area contributed by atoms with Gasteiger partial charge in [-0.2, -0.15) is 0 Å². The Bertz CT molecular complexity index is 649. The molecule has 26 heavy (non-hydrogen) atoms. The summed E-state index contributed by atoms with van der Waals surface area (Å²) in [4.78, 5) is 51.4. The zero-order valence-corrected chi connectivity index (χ0v) is 15.5. The predicted molar refractivity (Wildman–Crippen MR) is 89.0 cm³/mol. The Hall–Kier alpha value is -2.71. The van der Waals surface area contributed by atoms with Crippen LogP contribution in [0.5, 0.6) is 0 Å². The third-order valence-corrected chi connectivity index (χ3v) is 3.98. The first kappa shape index (κ1) is 21.3. The van der Waals surface area contributed by atoms with Crippen LogP contribution in [0.1, 0.15) is 27.2 Å². The van der Waals surface area contributed by atoms with Gasteiger partial charge in [0, 0.05) is 17.3 Å². The molecule has 9 nitrogen and oxygen atoms in total. The summed E-state index contributed by atoms with van der Waals surface area (Å²) in [6.45, 7) is 4.00. The molecule has 1 rings (SSSR count). The Morgan fingerprint density at radius 3 is 2.00 bits per heavy atom. The molecule has 0 radical (unpaired) electrons. The molecule has 0 amide bonds. The van der Waals surface area contributed by atoms with Crippen LogP contribution in [-0.2, 0) is 38.1 Å². The monoisotopic (exact) mass is 369 g/mol. The molecule has 0 spiro atoms. The van der Waals surface area contributed by atoms with Crippen LogP contribution in [0.15, 0.2) is 16.3 Å². The van der Waals surface area contributed by atoms with Crippen molar-refractivity contribution in [2.45, 2.75) is 27.2 Å². The zero-order chi connectivity index (χ0) is 19.9. The second-order valence-electron chi connectivity index (χ2n) is 5.58. The van der Waals surface area contributed by atoms with Crippen LogP contribution in [0, 0.1) is 11.8 Å². The summed E-state index contributed by atoms with van der Waals surface area (Å²) in [6.07, 6.45) is 0.421. The SMILES string of the molecule is CCC1C(C(=O)OCC(=O)OC)=C(C)N=C(C)C1C(=O)OCC(=O)OC. The minimum Gasteiger partial charge on any atom is -0.466 e. The Kier molecular flexibility index (Phi) is 7.95. The number of nitrogens with zero attached hydrogens (tertiary/aromatic N) is 1. The van der Waals surface area contributed by atoms with Gasteiger partial charge in [-0.1, -0.05) is 6.92 Å². The van der Waals surface area contributed by atoms with E-state index in [1.165, 1.54) is 14.2 Å². The Morgan fingerprint density at radius 1 is 0.962 bits per heavy atom. The molecule has 0 aromatic heterocycles. The molecule has 144 valence electrons. The summed E-state index contributed by atoms with van der Waals surface area (Å²) in [5.41, 5.74) is 1.07. The fraction of sp³-hybridized carbons (Fsp3) is 0.588. The predicted octanol–water partition coefficient (Wildman–Crippen LogP) is 0.810. The van der Waals surface area contributed by atoms with Gasteiger partial charge in [-0.25, -0.2) is 14.4 Å². The topological polar surface area (TPSA) is 118 Å². The molecule has 0 aromatic carbocycles. The number of ether oxygens (including phenoxy) is 4. The molecular formula is C17H23NO8. The van der Waals surface area contributed by atoms with Crippen molar-refractivity contribution in [2.75, 3.05) is 27.4 Å². The number of carbonyl (C=O) groups is 4. The second-order valence-corrected chi connectivity index (χ2v) is 5.58. The first-order valence-corrected chi connectivity index (χ1v) is 8.00. The van der Waals surface area contributed by atoms with Crippen LogP contribution in [0.2, 0.25) is 0 Å². The molecule has 2 unspecified atom stereocenters. The Labute approximate surface area is 151 Å². The highest BCUT2D eigenvalue weighted by atomic mass is 16.6. The molecule has 0 aliphatic carbocycles. The van der Waals surface area contributed by atoms with Crippen LogP contribution < -0.4 is 0 Å². The van der Waals surface area contributed by atoms with Crippen molar-refractivity contribution in [1.82, 2.24) is 0 Å². The van der Waals surface area contributed by atoms with Crippen LogP contribution in [0.25, 0.3) is 0 Å². The molecule has 1 aliphatic heterocycles. The summed E-state index contributed by atoms with van der Waals surface area (Å²) in [7, 11) is 2.36. The van der Waals surface area contributed by atoms with Gasteiger partial charge < -0.3 is 18.9 Å². The van der Waals surface area contributed by atoms with Crippen molar-refractivity contribution in [3.8, 4) is 0 Å². The van der Waals surface area contributed by atoms with E-state index in [0.717, 1.165) is 0 Å². The maximum atomic E-state index is 12.4. The number of hydrogen-bond acceptors (Lipinski definition) is 9. The smallest absolute Gasteiger partial charge is 0.344 e. The van der Waals surface area contributed by atoms with E-state index < -0.39 is 48.9 Å². The van der Waals surface area contributed by atoms with Gasteiger partial charge in [0.15, 0.2) is 13.2 Å². The van der Waals surface area contributed by atoms with Crippen LogP contribution in [0.4, 0.5) is 0 Å². The number of esters is 4. The number of hydrogen-bond donors (Lipinski definition) is 0. The second kappa shape index (κ2) is 9.69. The lowest BCUT2D eigenvalue weighted by Gasteiger charge is -2.30. The van der Waals surface area contributed by atoms with Crippen molar-refractivity contribution in [3.05, 3.63) is 11.3 Å². The van der Waals surface area contributed by atoms with Gasteiger partial charge >= 0.3 is 23.9 Å². The summed E-state index contributed by atoms with van der Waals surface area (Å²) >= 11 is 0. The molecule has 0 fully saturated rings. The molecule has 2 atom stereocenters. The Morgan fingerprint density at radius 2 is 1.50 bits per heavy atom. The van der Waals surface area contributed by atoms with Crippen molar-refractivity contribution in [3.63, 3.8) is 0 Å². The molecule has 9 heteroatoms. The molecule has 1 aliphatic rings. The van der Waals surface area contributed by atoms with E-state index in [9.17, 15) is 19.2 Å². The highest BCUT2D eigenvalue weighted by molar-refractivity contribution is 6.06. The number of methoxy groups -OCH3 is 2. The largest absolute Gasteiger partial charge is 0.466 e. The molecular weight excluding hydrogens is 346 g/mol. The van der Waals surface area contributed by atoms with Gasteiger partial charge in [0.25, 0.3) is 0 Å². The molecule has 0 saturated heterocycles. The molecule has 0 N–H and O–H groups in total. The fourth-order valence-electron chi connectivity index (χ4n) is 2.73. The summed E-state index contributed by atoms with van der Waals surface area (Å²) < 4.78 is 18.8. The fourth-order valence-corrected chi connectivity index (χ4v) is 2.73. The molecule has 0 saturated carbocycles. The highest BCUT2D eigenvalue weighted by Crippen LogP contribution is 2.34. The van der Waals surface area contributed by atoms with Crippen LogP contribution in [-0.4, -0.2) is 57.0 Å². The third-order valence-electron chi connectivity index (χ3n) is 3.98. The minimum atomic E-state index is -0.839.